The van der Waals surface area contributed by atoms with Crippen LogP contribution in [0.25, 0.3) is 16.9 Å². The van der Waals surface area contributed by atoms with Crippen LogP contribution < -0.4 is 14.8 Å². The van der Waals surface area contributed by atoms with Gasteiger partial charge < -0.3 is 14.8 Å². The summed E-state index contributed by atoms with van der Waals surface area (Å²) in [7, 11) is 3.27. The van der Waals surface area contributed by atoms with Gasteiger partial charge in [0, 0.05) is 24.2 Å². The lowest BCUT2D eigenvalue weighted by molar-refractivity contribution is -0.121. The molecule has 0 aliphatic heterocycles. The van der Waals surface area contributed by atoms with Gasteiger partial charge in [-0.3, -0.25) is 4.79 Å². The number of aryl methyl sites for hydroxylation is 1. The van der Waals surface area contributed by atoms with Crippen molar-refractivity contribution in [3.05, 3.63) is 60.3 Å². The molecule has 0 spiro atoms. The van der Waals surface area contributed by atoms with Gasteiger partial charge in [0.15, 0.2) is 0 Å². The smallest absolute Gasteiger partial charge is 0.220 e. The van der Waals surface area contributed by atoms with Gasteiger partial charge in [-0.15, -0.1) is 0 Å². The van der Waals surface area contributed by atoms with Crippen LogP contribution in [0.1, 0.15) is 32.3 Å². The molecule has 0 saturated carbocycles. The van der Waals surface area contributed by atoms with Gasteiger partial charge in [0.2, 0.25) is 5.91 Å². The fourth-order valence-electron chi connectivity index (χ4n) is 3.23. The first-order valence-electron chi connectivity index (χ1n) is 10.2. The molecule has 1 atom stereocenters. The summed E-state index contributed by atoms with van der Waals surface area (Å²) in [6, 6.07) is 15.7. The Hall–Kier alpha value is -3.28. The second-order valence-electron chi connectivity index (χ2n) is 7.23. The minimum absolute atomic E-state index is 0.0420. The molecule has 0 radical (unpaired) electrons. The predicted octanol–water partition coefficient (Wildman–Crippen LogP) is 4.40. The number of para-hydroxylation sites is 1. The Bertz CT molecular complexity index is 983. The van der Waals surface area contributed by atoms with E-state index >= 15 is 0 Å². The first-order chi connectivity index (χ1) is 14.5. The molecule has 0 unspecified atom stereocenters. The van der Waals surface area contributed by atoms with Gasteiger partial charge in [0.1, 0.15) is 11.5 Å². The molecular weight excluding hydrogens is 378 g/mol. The minimum Gasteiger partial charge on any atom is -0.497 e. The van der Waals surface area contributed by atoms with E-state index < -0.39 is 0 Å². The van der Waals surface area contributed by atoms with E-state index in [1.54, 1.807) is 14.2 Å². The van der Waals surface area contributed by atoms with Crippen molar-refractivity contribution in [3.63, 3.8) is 0 Å². The van der Waals surface area contributed by atoms with Gasteiger partial charge >= 0.3 is 0 Å². The molecule has 1 N–H and O–H groups in total. The second-order valence-corrected chi connectivity index (χ2v) is 7.23. The fraction of sp³-hybridized carbons (Fsp3) is 0.333. The van der Waals surface area contributed by atoms with E-state index in [-0.39, 0.29) is 11.9 Å². The molecule has 0 fully saturated rings. The van der Waals surface area contributed by atoms with Crippen molar-refractivity contribution in [2.45, 2.75) is 39.2 Å². The van der Waals surface area contributed by atoms with Crippen LogP contribution in [0.5, 0.6) is 11.5 Å². The van der Waals surface area contributed by atoms with Gasteiger partial charge in [0.25, 0.3) is 0 Å². The summed E-state index contributed by atoms with van der Waals surface area (Å²) >= 11 is 0. The number of carbonyl (C=O) groups excluding carboxylic acids is 1. The zero-order valence-corrected chi connectivity index (χ0v) is 18.0. The number of ether oxygens (including phenoxy) is 2. The quantitative estimate of drug-likeness (QED) is 0.571. The van der Waals surface area contributed by atoms with E-state index in [4.69, 9.17) is 14.6 Å². The molecule has 3 rings (SSSR count). The third kappa shape index (κ3) is 5.00. The van der Waals surface area contributed by atoms with Crippen LogP contribution in [0.15, 0.2) is 54.7 Å². The molecule has 3 aromatic rings. The van der Waals surface area contributed by atoms with E-state index in [0.717, 1.165) is 34.7 Å². The largest absolute Gasteiger partial charge is 0.497 e. The maximum absolute atomic E-state index is 12.4. The number of hydrogen-bond acceptors (Lipinski definition) is 4. The average Bonchev–Trinajstić information content (AvgIpc) is 3.21. The van der Waals surface area contributed by atoms with Crippen LogP contribution in [0, 0.1) is 0 Å². The van der Waals surface area contributed by atoms with E-state index in [0.29, 0.717) is 18.6 Å². The fourth-order valence-corrected chi connectivity index (χ4v) is 3.23. The summed E-state index contributed by atoms with van der Waals surface area (Å²) in [6.07, 6.45) is 3.86. The highest BCUT2D eigenvalue weighted by atomic mass is 16.5. The summed E-state index contributed by atoms with van der Waals surface area (Å²) in [6.45, 7) is 4.07. The molecule has 158 valence electrons. The Morgan fingerprint density at radius 2 is 1.90 bits per heavy atom. The average molecular weight is 408 g/mol. The Kier molecular flexibility index (Phi) is 7.12. The van der Waals surface area contributed by atoms with Crippen molar-refractivity contribution in [2.24, 2.45) is 0 Å². The maximum Gasteiger partial charge on any atom is 0.220 e. The van der Waals surface area contributed by atoms with Gasteiger partial charge in [-0.2, -0.15) is 5.10 Å². The van der Waals surface area contributed by atoms with Gasteiger partial charge in [-0.1, -0.05) is 25.1 Å². The number of carbonyl (C=O) groups is 1. The summed E-state index contributed by atoms with van der Waals surface area (Å²) in [5.74, 6) is 1.47. The van der Waals surface area contributed by atoms with Crippen molar-refractivity contribution >= 4 is 5.91 Å². The van der Waals surface area contributed by atoms with Crippen LogP contribution >= 0.6 is 0 Å². The molecule has 6 heteroatoms. The lowest BCUT2D eigenvalue weighted by Gasteiger charge is -2.12. The van der Waals surface area contributed by atoms with E-state index in [9.17, 15) is 4.79 Å². The SMILES string of the molecule is CC[C@H](C)NC(=O)CCc1cn(-c2ccccc2)nc1-c1cc(OC)ccc1OC. The number of aromatic nitrogens is 2. The van der Waals surface area contributed by atoms with Crippen LogP contribution in [0.4, 0.5) is 0 Å². The van der Waals surface area contributed by atoms with Crippen LogP contribution in [0.3, 0.4) is 0 Å². The van der Waals surface area contributed by atoms with Crippen molar-refractivity contribution in [1.82, 2.24) is 15.1 Å². The van der Waals surface area contributed by atoms with Gasteiger partial charge in [-0.25, -0.2) is 4.68 Å². The molecule has 1 amide bonds. The van der Waals surface area contributed by atoms with Gasteiger partial charge in [-0.05, 0) is 55.7 Å². The molecule has 1 heterocycles. The minimum atomic E-state index is 0.0420. The Labute approximate surface area is 177 Å². The van der Waals surface area contributed by atoms with Crippen molar-refractivity contribution in [2.75, 3.05) is 14.2 Å². The molecule has 0 aliphatic carbocycles. The molecule has 0 aliphatic rings. The summed E-state index contributed by atoms with van der Waals surface area (Å²) in [5, 5.41) is 7.87. The Morgan fingerprint density at radius 1 is 1.13 bits per heavy atom. The van der Waals surface area contributed by atoms with Crippen LogP contribution in [-0.2, 0) is 11.2 Å². The molecule has 6 nitrogen and oxygen atoms in total. The highest BCUT2D eigenvalue weighted by Crippen LogP contribution is 2.35. The third-order valence-corrected chi connectivity index (χ3v) is 5.11. The molecular formula is C24H29N3O3. The molecule has 2 aromatic carbocycles. The van der Waals surface area contributed by atoms with Crippen molar-refractivity contribution in [3.8, 4) is 28.4 Å². The number of amides is 1. The first-order valence-corrected chi connectivity index (χ1v) is 10.2. The summed E-state index contributed by atoms with van der Waals surface area (Å²) in [4.78, 5) is 12.4. The Balaban J connectivity index is 1.99. The zero-order valence-electron chi connectivity index (χ0n) is 18.0. The predicted molar refractivity (Wildman–Crippen MR) is 118 cm³/mol. The molecule has 0 saturated heterocycles. The third-order valence-electron chi connectivity index (χ3n) is 5.11. The molecule has 1 aromatic heterocycles. The lowest BCUT2D eigenvalue weighted by atomic mass is 10.0. The van der Waals surface area contributed by atoms with Crippen molar-refractivity contribution in [1.29, 1.82) is 0 Å². The Morgan fingerprint density at radius 3 is 2.57 bits per heavy atom. The van der Waals surface area contributed by atoms with Crippen molar-refractivity contribution < 1.29 is 14.3 Å². The topological polar surface area (TPSA) is 65.4 Å². The summed E-state index contributed by atoms with van der Waals surface area (Å²) < 4.78 is 12.8. The lowest BCUT2D eigenvalue weighted by Crippen LogP contribution is -2.32. The highest BCUT2D eigenvalue weighted by Gasteiger charge is 2.18. The van der Waals surface area contributed by atoms with Crippen LogP contribution in [0.2, 0.25) is 0 Å². The second kappa shape index (κ2) is 9.96. The van der Waals surface area contributed by atoms with Crippen LogP contribution in [-0.4, -0.2) is 35.9 Å². The van der Waals surface area contributed by atoms with Gasteiger partial charge in [0.05, 0.1) is 25.6 Å². The summed E-state index contributed by atoms with van der Waals surface area (Å²) in [5.41, 5.74) is 3.55. The first kappa shape index (κ1) is 21.4. The number of hydrogen-bond donors (Lipinski definition) is 1. The number of nitrogens with one attached hydrogen (secondary N) is 1. The van der Waals surface area contributed by atoms with E-state index in [2.05, 4.69) is 12.2 Å². The number of benzene rings is 2. The van der Waals surface area contributed by atoms with E-state index in [1.165, 1.54) is 0 Å². The number of rotatable bonds is 9. The molecule has 30 heavy (non-hydrogen) atoms. The number of methoxy groups -OCH3 is 2. The number of nitrogens with zero attached hydrogens (tertiary/aromatic N) is 2. The standard InChI is InChI=1S/C24H29N3O3/c1-5-17(2)25-23(28)14-11-18-16-27(19-9-7-6-8-10-19)26-24(18)21-15-20(29-3)12-13-22(21)30-4/h6-10,12-13,15-17H,5,11,14H2,1-4H3,(H,25,28)/t17-/m0/s1. The molecule has 0 bridgehead atoms. The zero-order chi connectivity index (χ0) is 21.5. The van der Waals surface area contributed by atoms with E-state index in [1.807, 2.05) is 66.3 Å². The highest BCUT2D eigenvalue weighted by molar-refractivity contribution is 5.77. The monoisotopic (exact) mass is 407 g/mol. The normalized spacial score (nSPS) is 11.7. The maximum atomic E-state index is 12.4.